The third kappa shape index (κ3) is 4.88. The number of nitrogens with zero attached hydrogens (tertiary/aromatic N) is 6. The predicted molar refractivity (Wildman–Crippen MR) is 119 cm³/mol. The smallest absolute Gasteiger partial charge is 0.314 e. The van der Waals surface area contributed by atoms with Gasteiger partial charge < -0.3 is 4.90 Å². The minimum Gasteiger partial charge on any atom is -0.314 e. The molecule has 174 valence electrons. The number of aromatic nitrogens is 4. The lowest BCUT2D eigenvalue weighted by atomic mass is 10.1. The highest BCUT2D eigenvalue weighted by Gasteiger charge is 2.32. The fourth-order valence-electron chi connectivity index (χ4n) is 3.60. The Morgan fingerprint density at radius 2 is 1.91 bits per heavy atom. The van der Waals surface area contributed by atoms with E-state index in [-0.39, 0.29) is 12.1 Å². The van der Waals surface area contributed by atoms with Crippen LogP contribution in [0.25, 0.3) is 11.5 Å². The molecule has 4 heterocycles. The molecule has 0 fully saturated rings. The fourth-order valence-corrected chi connectivity index (χ4v) is 4.26. The van der Waals surface area contributed by atoms with Gasteiger partial charge in [0, 0.05) is 51.9 Å². The van der Waals surface area contributed by atoms with Crippen LogP contribution < -0.4 is 4.90 Å². The van der Waals surface area contributed by atoms with Crippen molar-refractivity contribution in [1.29, 1.82) is 0 Å². The second-order valence-corrected chi connectivity index (χ2v) is 9.13. The summed E-state index contributed by atoms with van der Waals surface area (Å²) in [5.41, 5.74) is 2.54. The van der Waals surface area contributed by atoms with E-state index in [1.807, 2.05) is 12.3 Å². The molecule has 3 aromatic heterocycles. The number of carbonyl (C=O) groups excluding carboxylic acids is 1. The Morgan fingerprint density at radius 3 is 2.58 bits per heavy atom. The standard InChI is InChI=1S/C22H23F3N6OS/c1-12(2)31-10-14-5-18(26-8-15(14)11-31)21-28-20(33-29-21)7-17-19(30(4)13(3)32)6-16(9-27-17)22(23,24)25/h5-6,8-9,12H,7,10-11H2,1-4H3. The lowest BCUT2D eigenvalue weighted by Gasteiger charge is -2.19. The number of anilines is 1. The van der Waals surface area contributed by atoms with Crippen molar-refractivity contribution in [3.63, 3.8) is 0 Å². The Morgan fingerprint density at radius 1 is 1.18 bits per heavy atom. The topological polar surface area (TPSA) is 75.1 Å². The lowest BCUT2D eigenvalue weighted by molar-refractivity contribution is -0.137. The maximum atomic E-state index is 13.2. The van der Waals surface area contributed by atoms with Gasteiger partial charge in [0.1, 0.15) is 10.7 Å². The Labute approximate surface area is 193 Å². The van der Waals surface area contributed by atoms with Crippen LogP contribution >= 0.6 is 11.5 Å². The summed E-state index contributed by atoms with van der Waals surface area (Å²) in [5.74, 6) is 0.0716. The highest BCUT2D eigenvalue weighted by Crippen LogP contribution is 2.33. The van der Waals surface area contributed by atoms with E-state index >= 15 is 0 Å². The van der Waals surface area contributed by atoms with Crippen LogP contribution in [0.4, 0.5) is 18.9 Å². The van der Waals surface area contributed by atoms with E-state index in [1.54, 1.807) is 0 Å². The van der Waals surface area contributed by atoms with E-state index in [2.05, 4.69) is 38.1 Å². The van der Waals surface area contributed by atoms with Crippen LogP contribution in [0.15, 0.2) is 24.5 Å². The van der Waals surface area contributed by atoms with Crippen molar-refractivity contribution in [3.8, 4) is 11.5 Å². The first-order valence-corrected chi connectivity index (χ1v) is 11.2. The summed E-state index contributed by atoms with van der Waals surface area (Å²) in [5, 5.41) is 0.571. The summed E-state index contributed by atoms with van der Waals surface area (Å²) in [4.78, 5) is 28.4. The maximum Gasteiger partial charge on any atom is 0.417 e. The van der Waals surface area contributed by atoms with Gasteiger partial charge in [0.2, 0.25) is 5.91 Å². The van der Waals surface area contributed by atoms with Gasteiger partial charge in [-0.3, -0.25) is 19.7 Å². The van der Waals surface area contributed by atoms with Crippen molar-refractivity contribution >= 4 is 23.1 Å². The highest BCUT2D eigenvalue weighted by molar-refractivity contribution is 7.05. The van der Waals surface area contributed by atoms with Crippen molar-refractivity contribution in [3.05, 3.63) is 51.9 Å². The first kappa shape index (κ1) is 23.2. The first-order chi connectivity index (χ1) is 15.5. The van der Waals surface area contributed by atoms with E-state index in [0.717, 1.165) is 41.8 Å². The number of fused-ring (bicyclic) bond motifs is 1. The second kappa shape index (κ2) is 8.79. The molecule has 7 nitrogen and oxygen atoms in total. The Kier molecular flexibility index (Phi) is 6.19. The highest BCUT2D eigenvalue weighted by atomic mass is 32.1. The zero-order chi connectivity index (χ0) is 23.9. The minimum absolute atomic E-state index is 0.0958. The zero-order valence-electron chi connectivity index (χ0n) is 18.6. The minimum atomic E-state index is -4.56. The van der Waals surface area contributed by atoms with E-state index < -0.39 is 17.6 Å². The van der Waals surface area contributed by atoms with E-state index in [0.29, 0.717) is 28.3 Å². The van der Waals surface area contributed by atoms with E-state index in [1.165, 1.54) is 25.1 Å². The predicted octanol–water partition coefficient (Wildman–Crippen LogP) is 4.31. The van der Waals surface area contributed by atoms with Gasteiger partial charge in [0.25, 0.3) is 0 Å². The number of pyridine rings is 2. The molecule has 0 radical (unpaired) electrons. The summed E-state index contributed by atoms with van der Waals surface area (Å²) >= 11 is 1.14. The average Bonchev–Trinajstić information content (AvgIpc) is 3.39. The second-order valence-electron chi connectivity index (χ2n) is 8.29. The van der Waals surface area contributed by atoms with Gasteiger partial charge in [-0.2, -0.15) is 17.5 Å². The third-order valence-electron chi connectivity index (χ3n) is 5.68. The van der Waals surface area contributed by atoms with Crippen LogP contribution in [0, 0.1) is 0 Å². The van der Waals surface area contributed by atoms with Crippen LogP contribution in [0.1, 0.15) is 48.2 Å². The summed E-state index contributed by atoms with van der Waals surface area (Å²) < 4.78 is 43.9. The maximum absolute atomic E-state index is 13.2. The van der Waals surface area contributed by atoms with Crippen molar-refractivity contribution < 1.29 is 18.0 Å². The number of hydrogen-bond acceptors (Lipinski definition) is 7. The largest absolute Gasteiger partial charge is 0.417 e. The average molecular weight is 477 g/mol. The molecule has 0 unspecified atom stereocenters. The number of rotatable bonds is 5. The lowest BCUT2D eigenvalue weighted by Crippen LogP contribution is -2.25. The SMILES string of the molecule is CC(=O)N(C)c1cc(C(F)(F)F)cnc1Cc1nc(-c2cc3c(cn2)CN(C(C)C)C3)ns1. The number of alkyl halides is 3. The molecule has 0 saturated carbocycles. The van der Waals surface area contributed by atoms with Gasteiger partial charge in [-0.1, -0.05) is 0 Å². The molecule has 0 spiro atoms. The fraction of sp³-hybridized carbons (Fsp3) is 0.409. The van der Waals surface area contributed by atoms with Crippen molar-refractivity contribution in [1.82, 2.24) is 24.2 Å². The normalized spacial score (nSPS) is 14.1. The molecule has 3 aromatic rings. The summed E-state index contributed by atoms with van der Waals surface area (Å²) in [6.07, 6.45) is -1.78. The molecule has 11 heteroatoms. The van der Waals surface area contributed by atoms with E-state index in [4.69, 9.17) is 0 Å². The Bertz CT molecular complexity index is 1190. The first-order valence-electron chi connectivity index (χ1n) is 10.4. The van der Waals surface area contributed by atoms with Crippen molar-refractivity contribution in [2.75, 3.05) is 11.9 Å². The molecule has 0 aliphatic carbocycles. The summed E-state index contributed by atoms with van der Waals surface area (Å²) in [6.45, 7) is 7.30. The molecule has 0 aromatic carbocycles. The molecule has 0 N–H and O–H groups in total. The van der Waals surface area contributed by atoms with E-state index in [9.17, 15) is 18.0 Å². The summed E-state index contributed by atoms with van der Waals surface area (Å²) in [7, 11) is 1.42. The van der Waals surface area contributed by atoms with Crippen LogP contribution in [0.5, 0.6) is 0 Å². The van der Waals surface area contributed by atoms with Gasteiger partial charge in [0.05, 0.1) is 16.9 Å². The van der Waals surface area contributed by atoms with Gasteiger partial charge in [0.15, 0.2) is 5.82 Å². The molecule has 33 heavy (non-hydrogen) atoms. The van der Waals surface area contributed by atoms with Crippen LogP contribution in [0.2, 0.25) is 0 Å². The van der Waals surface area contributed by atoms with Gasteiger partial charge in [-0.25, -0.2) is 4.98 Å². The molecule has 1 amide bonds. The van der Waals surface area contributed by atoms with Crippen LogP contribution in [-0.2, 0) is 30.5 Å². The molecule has 1 aliphatic rings. The number of hydrogen-bond donors (Lipinski definition) is 0. The summed E-state index contributed by atoms with van der Waals surface area (Å²) in [6, 6.07) is 3.37. The van der Waals surface area contributed by atoms with Gasteiger partial charge in [-0.05, 0) is 48.6 Å². The monoisotopic (exact) mass is 476 g/mol. The van der Waals surface area contributed by atoms with Crippen LogP contribution in [-0.4, -0.2) is 43.2 Å². The Balaban J connectivity index is 1.60. The third-order valence-corrected chi connectivity index (χ3v) is 6.39. The number of carbonyl (C=O) groups is 1. The van der Waals surface area contributed by atoms with Gasteiger partial charge >= 0.3 is 6.18 Å². The molecule has 0 saturated heterocycles. The van der Waals surface area contributed by atoms with Crippen molar-refractivity contribution in [2.24, 2.45) is 0 Å². The zero-order valence-corrected chi connectivity index (χ0v) is 19.5. The van der Waals surface area contributed by atoms with Crippen molar-refractivity contribution in [2.45, 2.75) is 52.5 Å². The van der Waals surface area contributed by atoms with Gasteiger partial charge in [-0.15, -0.1) is 0 Å². The number of halogens is 3. The molecular formula is C22H23F3N6OS. The molecule has 0 atom stereocenters. The molecule has 0 bridgehead atoms. The Hall–Kier alpha value is -2.92. The molecule has 1 aliphatic heterocycles. The molecular weight excluding hydrogens is 453 g/mol. The number of amides is 1. The quantitative estimate of drug-likeness (QED) is 0.546. The molecule has 4 rings (SSSR count). The van der Waals surface area contributed by atoms with Crippen LogP contribution in [0.3, 0.4) is 0 Å².